The molecule has 1 amide bonds. The van der Waals surface area contributed by atoms with Crippen molar-refractivity contribution in [2.45, 2.75) is 97.3 Å². The number of alkyl halides is 3. The molecule has 4 aromatic heterocycles. The van der Waals surface area contributed by atoms with E-state index in [4.69, 9.17) is 41.5 Å². The summed E-state index contributed by atoms with van der Waals surface area (Å²) in [6.07, 6.45) is -0.771. The maximum Gasteiger partial charge on any atom is 0.418 e. The first-order valence-corrected chi connectivity index (χ1v) is 25.0. The lowest BCUT2D eigenvalue weighted by Crippen LogP contribution is -2.54. The number of ether oxygens (including phenoxy) is 3. The van der Waals surface area contributed by atoms with Gasteiger partial charge in [0.2, 0.25) is 0 Å². The lowest BCUT2D eigenvalue weighted by atomic mass is 9.86. The summed E-state index contributed by atoms with van der Waals surface area (Å²) >= 11 is 6.73. The zero-order valence-electron chi connectivity index (χ0n) is 41.6. The second-order valence-electron chi connectivity index (χ2n) is 19.4. The molecule has 0 radical (unpaired) electrons. The number of carbonyl (C=O) groups is 2. The zero-order valence-corrected chi connectivity index (χ0v) is 42.4. The second kappa shape index (κ2) is 19.1. The fraction of sp³-hybridized carbons (Fsp3) is 0.415. The van der Waals surface area contributed by atoms with Crippen molar-refractivity contribution in [2.24, 2.45) is 0 Å². The number of anilines is 2. The number of aromatic nitrogens is 5. The van der Waals surface area contributed by atoms with Gasteiger partial charge in [-0.1, -0.05) is 31.5 Å². The molecule has 0 bridgehead atoms. The van der Waals surface area contributed by atoms with Crippen molar-refractivity contribution in [3.8, 4) is 34.4 Å². The Kier molecular flexibility index (Phi) is 13.1. The Morgan fingerprint density at radius 3 is 2.50 bits per heavy atom. The topological polar surface area (TPSA) is 191 Å². The van der Waals surface area contributed by atoms with Crippen LogP contribution in [0, 0.1) is 12.7 Å². The van der Waals surface area contributed by atoms with E-state index in [1.807, 2.05) is 37.9 Å². The molecule has 10 rings (SSSR count). The van der Waals surface area contributed by atoms with Crippen LogP contribution in [0.4, 0.5) is 29.2 Å². The minimum atomic E-state index is -4.92. The van der Waals surface area contributed by atoms with Gasteiger partial charge in [-0.25, -0.2) is 19.2 Å². The van der Waals surface area contributed by atoms with Crippen molar-refractivity contribution in [3.63, 3.8) is 0 Å². The van der Waals surface area contributed by atoms with Crippen molar-refractivity contribution in [1.82, 2.24) is 34.3 Å². The summed E-state index contributed by atoms with van der Waals surface area (Å²) in [6, 6.07) is 8.98. The molecule has 4 aliphatic rings. The average Bonchev–Trinajstić information content (AvgIpc) is 3.96. The molecule has 0 aliphatic carbocycles. The Balaban J connectivity index is 0.898. The largest absolute Gasteiger partial charge is 0.489 e. The molecule has 21 heteroatoms. The van der Waals surface area contributed by atoms with Crippen LogP contribution in [0.2, 0.25) is 5.02 Å². The normalized spacial score (nSPS) is 20.0. The summed E-state index contributed by atoms with van der Waals surface area (Å²) in [6.45, 7) is 10.2. The Hall–Kier alpha value is -6.90. The predicted molar refractivity (Wildman–Crippen MR) is 270 cm³/mol. The van der Waals surface area contributed by atoms with Crippen molar-refractivity contribution in [1.29, 1.82) is 0 Å². The molecule has 3 unspecified atom stereocenters. The fourth-order valence-corrected chi connectivity index (χ4v) is 11.3. The molecule has 6 aromatic rings. The molecule has 2 fully saturated rings. The number of nitrogens with two attached hydrogens (primary N) is 1. The summed E-state index contributed by atoms with van der Waals surface area (Å²) in [4.78, 5) is 64.6. The summed E-state index contributed by atoms with van der Waals surface area (Å²) in [5, 5.41) is 11.9. The van der Waals surface area contributed by atoms with Crippen LogP contribution in [0.15, 0.2) is 52.8 Å². The number of esters is 1. The summed E-state index contributed by atoms with van der Waals surface area (Å²) in [7, 11) is 1.97. The molecule has 2 aromatic carbocycles. The first kappa shape index (κ1) is 50.6. The van der Waals surface area contributed by atoms with Crippen molar-refractivity contribution < 1.29 is 46.5 Å². The molecule has 8 heterocycles. The number of allylic oxidation sites excluding steroid dienone is 1. The number of aryl methyl sites for hydroxylation is 2. The highest BCUT2D eigenvalue weighted by atomic mass is 35.5. The number of nitrogens with zero attached hydrogens (tertiary/aromatic N) is 8. The molecule has 388 valence electrons. The van der Waals surface area contributed by atoms with Crippen LogP contribution >= 0.6 is 11.6 Å². The highest BCUT2D eigenvalue weighted by molar-refractivity contribution is 6.34. The van der Waals surface area contributed by atoms with E-state index in [0.29, 0.717) is 34.6 Å². The first-order valence-electron chi connectivity index (χ1n) is 24.6. The van der Waals surface area contributed by atoms with E-state index in [1.165, 1.54) is 13.0 Å². The molecular weight excluding hydrogens is 986 g/mol. The monoisotopic (exact) mass is 1040 g/mol. The molecule has 0 saturated carbocycles. The molecule has 2 saturated heterocycles. The Labute approximate surface area is 427 Å². The van der Waals surface area contributed by atoms with E-state index in [1.54, 1.807) is 41.5 Å². The number of benzene rings is 2. The van der Waals surface area contributed by atoms with Gasteiger partial charge in [-0.15, -0.1) is 0 Å². The van der Waals surface area contributed by atoms with Crippen LogP contribution < -0.4 is 25.7 Å². The van der Waals surface area contributed by atoms with E-state index in [2.05, 4.69) is 14.9 Å². The molecule has 16 nitrogen and oxygen atoms in total. The van der Waals surface area contributed by atoms with Crippen LogP contribution in [-0.2, 0) is 45.7 Å². The number of rotatable bonds is 11. The number of likely N-dealkylation sites (tertiary alicyclic amines) is 1. The minimum Gasteiger partial charge on any atom is -0.489 e. The van der Waals surface area contributed by atoms with Crippen LogP contribution in [0.25, 0.3) is 44.5 Å². The highest BCUT2D eigenvalue weighted by Crippen LogP contribution is 2.46. The van der Waals surface area contributed by atoms with Gasteiger partial charge in [0.15, 0.2) is 11.4 Å². The number of amides is 1. The molecule has 4 aliphatic heterocycles. The van der Waals surface area contributed by atoms with Crippen molar-refractivity contribution in [3.05, 3.63) is 103 Å². The van der Waals surface area contributed by atoms with Gasteiger partial charge < -0.3 is 44.3 Å². The van der Waals surface area contributed by atoms with Crippen molar-refractivity contribution in [2.75, 3.05) is 57.1 Å². The maximum atomic E-state index is 17.1. The third-order valence-corrected chi connectivity index (χ3v) is 15.3. The maximum absolute atomic E-state index is 17.1. The summed E-state index contributed by atoms with van der Waals surface area (Å²) in [5.41, 5.74) is 4.94. The fourth-order valence-electron chi connectivity index (χ4n) is 11.0. The van der Waals surface area contributed by atoms with Gasteiger partial charge in [0.05, 0.1) is 56.4 Å². The predicted octanol–water partition coefficient (Wildman–Crippen LogP) is 7.88. The van der Waals surface area contributed by atoms with Gasteiger partial charge in [-0.2, -0.15) is 23.1 Å². The molecule has 3 atom stereocenters. The van der Waals surface area contributed by atoms with Gasteiger partial charge in [0.1, 0.15) is 42.7 Å². The number of likely N-dealkylation sites (N-methyl/N-ethyl adjacent to an activating group) is 1. The molecule has 74 heavy (non-hydrogen) atoms. The third-order valence-electron chi connectivity index (χ3n) is 15.0. The van der Waals surface area contributed by atoms with Gasteiger partial charge >= 0.3 is 18.2 Å². The molecule has 0 spiro atoms. The number of aliphatic hydroxyl groups is 1. The van der Waals surface area contributed by atoms with Gasteiger partial charge in [-0.3, -0.25) is 9.59 Å². The number of nitrogen functional groups attached to an aromatic ring is 1. The number of carbonyl (C=O) groups excluding carboxylic acids is 2. The lowest BCUT2D eigenvalue weighted by molar-refractivity contribution is -0.172. The Bertz CT molecular complexity index is 3420. The van der Waals surface area contributed by atoms with E-state index in [9.17, 15) is 32.7 Å². The standard InChI is InChI=1S/C53H54ClF4N9O7/c1-7-28(23-72-30-12-13-38-32(18-30)31(8-2)34-22-67-39(44(34)60-38)20-36-35(49(67)69)25-73-50(70)52(36,71)9-3)48(68)65-15-16-66(27(5)21-65)47-33-19-37(54)41(46-42(53(56,57)58)26(4)17-40(59)61-46)43(55)45(33)62-51(63-47)74-24-29-11-10-14-64(29)6/h7,12-13,17-20,27,29,71H,8-11,14-16,21-25H2,1-6H3,(H2,59,61)/b28-7+. The number of hydrogen-bond acceptors (Lipinski definition) is 14. The number of hydrogen-bond donors (Lipinski definition) is 2. The van der Waals surface area contributed by atoms with Gasteiger partial charge in [0, 0.05) is 53.6 Å². The van der Waals surface area contributed by atoms with Crippen LogP contribution in [0.1, 0.15) is 80.3 Å². The number of pyridine rings is 3. The van der Waals surface area contributed by atoms with Crippen molar-refractivity contribution >= 4 is 56.9 Å². The van der Waals surface area contributed by atoms with Gasteiger partial charge in [-0.05, 0) is 108 Å². The number of fused-ring (bicyclic) bond motifs is 6. The highest BCUT2D eigenvalue weighted by Gasteiger charge is 2.46. The Morgan fingerprint density at radius 1 is 1.03 bits per heavy atom. The van der Waals surface area contributed by atoms with Crippen LogP contribution in [0.5, 0.6) is 11.8 Å². The number of piperazine rings is 1. The smallest absolute Gasteiger partial charge is 0.418 e. The van der Waals surface area contributed by atoms with Crippen LogP contribution in [0.3, 0.4) is 0 Å². The minimum absolute atomic E-state index is 0.0336. The van der Waals surface area contributed by atoms with E-state index < -0.39 is 46.4 Å². The quantitative estimate of drug-likeness (QED) is 0.0723. The number of cyclic esters (lactones) is 1. The average molecular weight is 1040 g/mol. The lowest BCUT2D eigenvalue weighted by Gasteiger charge is -2.41. The van der Waals surface area contributed by atoms with E-state index in [0.717, 1.165) is 42.0 Å². The summed E-state index contributed by atoms with van der Waals surface area (Å²) < 4.78 is 80.0. The SMILES string of the molecule is C/C=C(\COc1ccc2nc3c(c(CC)c2c1)Cn1c-3cc2c(c1=O)COC(=O)C2(O)CC)C(=O)N1CCN(c2nc(OCC3CCCN3C)nc3c(F)c(-c4nc(N)cc(C)c4C(F)(F)F)c(Cl)cc23)C(C)C1. The Morgan fingerprint density at radius 2 is 1.81 bits per heavy atom. The van der Waals surface area contributed by atoms with E-state index >= 15 is 4.39 Å². The first-order chi connectivity index (χ1) is 35.3. The zero-order chi connectivity index (χ0) is 52.7. The van der Waals surface area contributed by atoms with Crippen LogP contribution in [-0.4, -0.2) is 110 Å². The number of halogens is 5. The second-order valence-corrected chi connectivity index (χ2v) is 19.8. The van der Waals surface area contributed by atoms with Gasteiger partial charge in [0.25, 0.3) is 11.5 Å². The van der Waals surface area contributed by atoms with E-state index in [-0.39, 0.29) is 120 Å². The molecular formula is C53H54ClF4N9O7. The third kappa shape index (κ3) is 8.53. The summed E-state index contributed by atoms with van der Waals surface area (Å²) in [5.74, 6) is -1.73. The molecule has 3 N–H and O–H groups in total.